The molecule has 30 heteroatoms. The molecule has 3 N–H and O–H groups in total. The molecule has 3 aromatic carbocycles. The third-order valence-corrected chi connectivity index (χ3v) is 21.5. The Labute approximate surface area is 634 Å². The lowest BCUT2D eigenvalue weighted by Gasteiger charge is -2.47. The number of thioether (sulfide) groups is 3. The molecule has 3 amide bonds. The highest BCUT2D eigenvalue weighted by Gasteiger charge is 2.54. The monoisotopic (exact) mass is 1540 g/mol. The van der Waals surface area contributed by atoms with Crippen molar-refractivity contribution in [1.29, 1.82) is 0 Å². The molecule has 9 heterocycles. The molecule has 0 aliphatic carbocycles. The SMILES string of the molecule is COC[C@H]1C[C@H]2CSC(N(C(=O)OC(C)(C)C)C(=O)OC(C)(C)C)=N[C@@]2(c2cc(-c3cccnc3F)ccc2F)CO1.COC[C@H]1C[C@H]2CSC(N)=N[C@@]2(c2cc(-c3cccnc3OC)ccc2F)CO1.COC[C@H]1C[C@H]2CSC(NC(=O)OC(C)(C)C)=N[C@@]2(c2cc(-c3cccnc3OC)ccc2F)CO1. The molecule has 12 rings (SSSR count). The number of hydrogen-bond donors (Lipinski definition) is 2. The number of fused-ring (bicyclic) bond motifs is 3. The number of amides is 3. The maximum atomic E-state index is 15.8. The number of halogens is 4. The molecular weight excluding hydrogens is 1450 g/mol. The van der Waals surface area contributed by atoms with Gasteiger partial charge in [0.15, 0.2) is 15.5 Å². The number of imide groups is 1. The first-order valence-electron chi connectivity index (χ1n) is 34.9. The van der Waals surface area contributed by atoms with Crippen molar-refractivity contribution in [2.75, 3.05) is 92.4 Å². The zero-order valence-electron chi connectivity index (χ0n) is 62.5. The van der Waals surface area contributed by atoms with Gasteiger partial charge in [-0.2, -0.15) is 9.29 Å². The van der Waals surface area contributed by atoms with E-state index in [1.165, 1.54) is 71.8 Å². The summed E-state index contributed by atoms with van der Waals surface area (Å²) >= 11 is 4.10. The van der Waals surface area contributed by atoms with Gasteiger partial charge in [-0.3, -0.25) is 5.32 Å². The summed E-state index contributed by atoms with van der Waals surface area (Å²) in [5.41, 5.74) is 5.06. The third kappa shape index (κ3) is 19.4. The van der Waals surface area contributed by atoms with Crippen molar-refractivity contribution in [2.24, 2.45) is 38.5 Å². The Morgan fingerprint density at radius 1 is 0.514 bits per heavy atom. The van der Waals surface area contributed by atoms with Gasteiger partial charge in [0.25, 0.3) is 0 Å². The second-order valence-corrected chi connectivity index (χ2v) is 32.4. The Morgan fingerprint density at radius 3 is 1.31 bits per heavy atom. The van der Waals surface area contributed by atoms with Crippen LogP contribution < -0.4 is 20.5 Å². The molecule has 576 valence electrons. The lowest BCUT2D eigenvalue weighted by atomic mass is 9.74. The van der Waals surface area contributed by atoms with E-state index in [2.05, 4.69) is 20.3 Å². The minimum Gasteiger partial charge on any atom is -0.481 e. The molecule has 6 aromatic rings. The number of methoxy groups -OCH3 is 5. The molecular formula is C77H93F4N9O14S3. The molecule has 6 aliphatic rings. The molecule has 23 nitrogen and oxygen atoms in total. The highest BCUT2D eigenvalue weighted by atomic mass is 32.2. The molecule has 107 heavy (non-hydrogen) atoms. The minimum atomic E-state index is -1.36. The second-order valence-electron chi connectivity index (χ2n) is 29.4. The number of nitrogens with zero attached hydrogens (tertiary/aromatic N) is 7. The average molecular weight is 1540 g/mol. The van der Waals surface area contributed by atoms with Crippen molar-refractivity contribution in [2.45, 2.75) is 133 Å². The fraction of sp³-hybridized carbons (Fsp3) is 0.494. The van der Waals surface area contributed by atoms with Crippen LogP contribution in [-0.2, 0) is 59.2 Å². The van der Waals surface area contributed by atoms with Crippen LogP contribution in [0.15, 0.2) is 125 Å². The van der Waals surface area contributed by atoms with Crippen molar-refractivity contribution < 1.29 is 84.1 Å². The topological polar surface area (TPSA) is 270 Å². The maximum absolute atomic E-state index is 15.8. The van der Waals surface area contributed by atoms with Gasteiger partial charge in [-0.25, -0.2) is 57.5 Å². The fourth-order valence-electron chi connectivity index (χ4n) is 13.6. The molecule has 0 saturated carbocycles. The first-order valence-corrected chi connectivity index (χ1v) is 37.8. The van der Waals surface area contributed by atoms with E-state index in [9.17, 15) is 18.8 Å². The number of rotatable bonds is 14. The summed E-state index contributed by atoms with van der Waals surface area (Å²) in [5, 5.41) is 3.56. The molecule has 0 unspecified atom stereocenters. The predicted octanol–water partition coefficient (Wildman–Crippen LogP) is 14.5. The summed E-state index contributed by atoms with van der Waals surface area (Å²) in [6, 6.07) is 24.7. The highest BCUT2D eigenvalue weighted by Crippen LogP contribution is 2.52. The summed E-state index contributed by atoms with van der Waals surface area (Å²) in [7, 11) is 7.97. The molecule has 3 fully saturated rings. The van der Waals surface area contributed by atoms with Gasteiger partial charge in [0.05, 0.1) is 72.2 Å². The van der Waals surface area contributed by atoms with E-state index in [1.54, 1.807) is 147 Å². The van der Waals surface area contributed by atoms with E-state index in [0.717, 1.165) is 39.3 Å². The van der Waals surface area contributed by atoms with Gasteiger partial charge in [-0.15, -0.1) is 0 Å². The zero-order valence-corrected chi connectivity index (χ0v) is 65.0. The summed E-state index contributed by atoms with van der Waals surface area (Å²) in [5.74, 6) is 0.462. The Hall–Kier alpha value is -7.94. The van der Waals surface area contributed by atoms with E-state index in [-0.39, 0.29) is 78.0 Å². The van der Waals surface area contributed by atoms with Gasteiger partial charge < -0.3 is 57.8 Å². The van der Waals surface area contributed by atoms with E-state index in [0.29, 0.717) is 83.0 Å². The van der Waals surface area contributed by atoms with Crippen LogP contribution in [0.25, 0.3) is 33.4 Å². The van der Waals surface area contributed by atoms with Crippen LogP contribution in [0.3, 0.4) is 0 Å². The molecule has 9 atom stereocenters. The van der Waals surface area contributed by atoms with Crippen molar-refractivity contribution in [1.82, 2.24) is 25.2 Å². The van der Waals surface area contributed by atoms with Crippen molar-refractivity contribution in [3.05, 3.63) is 150 Å². The zero-order chi connectivity index (χ0) is 77.2. The van der Waals surface area contributed by atoms with E-state index < -0.39 is 69.3 Å². The van der Waals surface area contributed by atoms with Crippen LogP contribution in [-0.4, -0.2) is 181 Å². The van der Waals surface area contributed by atoms with Crippen molar-refractivity contribution in [3.63, 3.8) is 0 Å². The van der Waals surface area contributed by atoms with Crippen LogP contribution >= 0.6 is 35.3 Å². The first kappa shape index (κ1) is 81.6. The number of pyridine rings is 3. The van der Waals surface area contributed by atoms with Crippen molar-refractivity contribution >= 4 is 69.1 Å². The van der Waals surface area contributed by atoms with Gasteiger partial charge in [0.2, 0.25) is 17.7 Å². The van der Waals surface area contributed by atoms with E-state index in [4.69, 9.17) is 72.8 Å². The maximum Gasteiger partial charge on any atom is 0.426 e. The van der Waals surface area contributed by atoms with Crippen LogP contribution in [0.5, 0.6) is 11.8 Å². The van der Waals surface area contributed by atoms with Crippen LogP contribution in [0.2, 0.25) is 0 Å². The van der Waals surface area contributed by atoms with E-state index >= 15 is 13.2 Å². The molecule has 0 radical (unpaired) electrons. The Balaban J connectivity index is 0.000000174. The largest absolute Gasteiger partial charge is 0.481 e. The smallest absolute Gasteiger partial charge is 0.426 e. The second kappa shape index (κ2) is 34.7. The number of benzene rings is 3. The summed E-state index contributed by atoms with van der Waals surface area (Å²) in [6.45, 7) is 17.0. The van der Waals surface area contributed by atoms with Crippen molar-refractivity contribution in [3.8, 4) is 45.1 Å². The van der Waals surface area contributed by atoms with Gasteiger partial charge >= 0.3 is 18.3 Å². The fourth-order valence-corrected chi connectivity index (χ4v) is 17.1. The summed E-state index contributed by atoms with van der Waals surface area (Å²) in [6.07, 6.45) is 3.52. The van der Waals surface area contributed by atoms with Gasteiger partial charge in [-0.05, 0) is 171 Å². The Bertz CT molecular complexity index is 4230. The van der Waals surface area contributed by atoms with Gasteiger partial charge in [0, 0.05) is 108 Å². The normalized spacial score (nSPS) is 24.1. The molecule has 0 bridgehead atoms. The number of carbonyl (C=O) groups excluding carboxylic acids is 3. The lowest BCUT2D eigenvalue weighted by molar-refractivity contribution is -0.0839. The Kier molecular flexibility index (Phi) is 26.5. The first-order chi connectivity index (χ1) is 50.8. The molecule has 3 aromatic heterocycles. The standard InChI is InChI=1S/C30H37F2N3O6S.C26H32FN3O5S.C21H24FN3O3S/c1-28(2,3)40-26(36)35(27(37)41-29(4,5)6)25-34-30(17-39-20(15-38-7)14-19(30)16-42-25)22-13-18(10-11-23(22)31)21-9-8-12-33-24(21)32;1-25(2,3)35-24(31)29-23-30-26(15-34-18(13-32-4)12-17(26)14-36-23)20-11-16(8-9-21(20)27)19-7-6-10-28-22(19)33-5;1-26-10-15-9-14-11-29-20(23)25-21(14,12-28-15)17-8-13(5-6-18(17)22)16-4-3-7-24-19(16)27-2/h8-13,19-20H,14-17H2,1-7H3;6-11,17-18H,12-15H2,1-5H3,(H,29,30,31);3-8,14-15H,9-12H2,1-2H3,(H2,23,25)/t19-,20+,30-;17-,18+,26-;14-,15+,21-/m000/s1. The number of alkyl carbamates (subject to hydrolysis) is 1. The highest BCUT2D eigenvalue weighted by molar-refractivity contribution is 8.14. The summed E-state index contributed by atoms with van der Waals surface area (Å²) < 4.78 is 123. The molecule has 3 saturated heterocycles. The third-order valence-electron chi connectivity index (χ3n) is 18.4. The van der Waals surface area contributed by atoms with Crippen LogP contribution in [0, 0.1) is 41.2 Å². The van der Waals surface area contributed by atoms with Gasteiger partial charge in [-0.1, -0.05) is 53.5 Å². The lowest BCUT2D eigenvalue weighted by Crippen LogP contribution is -2.54. The summed E-state index contributed by atoms with van der Waals surface area (Å²) in [4.78, 5) is 66.9. The predicted molar refractivity (Wildman–Crippen MR) is 404 cm³/mol. The number of amidine groups is 3. The molecule has 0 spiro atoms. The number of nitrogens with two attached hydrogens (primary N) is 1. The van der Waals surface area contributed by atoms with Crippen LogP contribution in [0.4, 0.5) is 31.9 Å². The number of carbonyl (C=O) groups is 3. The number of aromatic nitrogens is 3. The number of nitrogens with one attached hydrogen (secondary N) is 1. The van der Waals surface area contributed by atoms with Gasteiger partial charge in [0.1, 0.15) is 50.9 Å². The number of aliphatic imine (C=N–C) groups is 3. The van der Waals surface area contributed by atoms with Crippen LogP contribution in [0.1, 0.15) is 98.3 Å². The van der Waals surface area contributed by atoms with E-state index in [1.807, 2.05) is 24.3 Å². The number of hydrogen-bond acceptors (Lipinski definition) is 24. The average Bonchev–Trinajstić information content (AvgIpc) is 0.748. The Morgan fingerprint density at radius 2 is 0.897 bits per heavy atom. The molecule has 6 aliphatic heterocycles. The number of ether oxygens (including phenoxy) is 11. The quantitative estimate of drug-likeness (QED) is 0.0583. The minimum absolute atomic E-state index is 0.0131.